The molecule has 0 spiro atoms. The van der Waals surface area contributed by atoms with Crippen LogP contribution in [0.25, 0.3) is 0 Å². The molecule has 108 valence electrons. The summed E-state index contributed by atoms with van der Waals surface area (Å²) in [6.45, 7) is 12.2. The van der Waals surface area contributed by atoms with Crippen molar-refractivity contribution in [3.05, 3.63) is 0 Å². The van der Waals surface area contributed by atoms with Crippen molar-refractivity contribution in [1.82, 2.24) is 5.32 Å². The van der Waals surface area contributed by atoms with Crippen LogP contribution in [-0.4, -0.2) is 25.8 Å². The summed E-state index contributed by atoms with van der Waals surface area (Å²) < 4.78 is 5.70. The fourth-order valence-electron chi connectivity index (χ4n) is 3.00. The fraction of sp³-hybridized carbons (Fsp3) is 1.00. The molecule has 0 aromatic carbocycles. The van der Waals surface area contributed by atoms with Crippen molar-refractivity contribution in [2.75, 3.05) is 19.8 Å². The Morgan fingerprint density at radius 1 is 1.28 bits per heavy atom. The zero-order valence-electron chi connectivity index (χ0n) is 12.9. The average molecular weight is 255 g/mol. The van der Waals surface area contributed by atoms with E-state index in [2.05, 4.69) is 33.0 Å². The van der Waals surface area contributed by atoms with Crippen molar-refractivity contribution in [1.29, 1.82) is 0 Å². The standard InChI is InChI=1S/C16H33NO/c1-5-7-8-15(6-2)11-16(9-10-18-13-16)12-17-14(3)4/h14-15,17H,5-13H2,1-4H3. The highest BCUT2D eigenvalue weighted by atomic mass is 16.5. The number of ether oxygens (including phenoxy) is 1. The monoisotopic (exact) mass is 255 g/mol. The lowest BCUT2D eigenvalue weighted by atomic mass is 9.76. The van der Waals surface area contributed by atoms with Crippen LogP contribution in [0.4, 0.5) is 0 Å². The Bertz CT molecular complexity index is 209. The van der Waals surface area contributed by atoms with Gasteiger partial charge in [-0.2, -0.15) is 0 Å². The highest BCUT2D eigenvalue weighted by Crippen LogP contribution is 2.37. The first-order chi connectivity index (χ1) is 8.62. The number of hydrogen-bond acceptors (Lipinski definition) is 2. The number of rotatable bonds is 9. The second kappa shape index (κ2) is 8.16. The summed E-state index contributed by atoms with van der Waals surface area (Å²) in [5, 5.41) is 3.63. The molecule has 18 heavy (non-hydrogen) atoms. The molecule has 2 heteroatoms. The summed E-state index contributed by atoms with van der Waals surface area (Å²) in [7, 11) is 0. The van der Waals surface area contributed by atoms with E-state index >= 15 is 0 Å². The van der Waals surface area contributed by atoms with Gasteiger partial charge in [-0.05, 0) is 18.8 Å². The quantitative estimate of drug-likeness (QED) is 0.672. The summed E-state index contributed by atoms with van der Waals surface area (Å²) in [6.07, 6.45) is 8.02. The molecule has 1 saturated heterocycles. The molecule has 1 heterocycles. The normalized spacial score (nSPS) is 25.8. The first-order valence-electron chi connectivity index (χ1n) is 7.93. The Balaban J connectivity index is 2.49. The Hall–Kier alpha value is -0.0800. The van der Waals surface area contributed by atoms with E-state index in [4.69, 9.17) is 4.74 Å². The Morgan fingerprint density at radius 3 is 2.56 bits per heavy atom. The van der Waals surface area contributed by atoms with Crippen LogP contribution in [0.2, 0.25) is 0 Å². The lowest BCUT2D eigenvalue weighted by Crippen LogP contribution is -2.39. The predicted molar refractivity (Wildman–Crippen MR) is 78.9 cm³/mol. The molecule has 0 aliphatic carbocycles. The molecule has 0 saturated carbocycles. The largest absolute Gasteiger partial charge is 0.381 e. The minimum Gasteiger partial charge on any atom is -0.381 e. The smallest absolute Gasteiger partial charge is 0.0535 e. The third-order valence-electron chi connectivity index (χ3n) is 4.34. The van der Waals surface area contributed by atoms with E-state index < -0.39 is 0 Å². The Labute approximate surface area is 114 Å². The minimum absolute atomic E-state index is 0.415. The van der Waals surface area contributed by atoms with Gasteiger partial charge in [-0.3, -0.25) is 0 Å². The molecule has 2 atom stereocenters. The zero-order chi connectivity index (χ0) is 13.4. The van der Waals surface area contributed by atoms with Gasteiger partial charge in [-0.15, -0.1) is 0 Å². The van der Waals surface area contributed by atoms with Crippen molar-refractivity contribution in [3.63, 3.8) is 0 Å². The fourth-order valence-corrected chi connectivity index (χ4v) is 3.00. The van der Waals surface area contributed by atoms with Crippen LogP contribution in [0.5, 0.6) is 0 Å². The SMILES string of the molecule is CCCCC(CC)CC1(CNC(C)C)CCOC1. The van der Waals surface area contributed by atoms with Crippen LogP contribution in [0.3, 0.4) is 0 Å². The van der Waals surface area contributed by atoms with E-state index in [1.165, 1.54) is 38.5 Å². The van der Waals surface area contributed by atoms with Gasteiger partial charge in [0, 0.05) is 24.6 Å². The maximum absolute atomic E-state index is 5.70. The summed E-state index contributed by atoms with van der Waals surface area (Å²) in [4.78, 5) is 0. The molecule has 0 bridgehead atoms. The van der Waals surface area contributed by atoms with Crippen LogP contribution in [0.1, 0.15) is 66.2 Å². The van der Waals surface area contributed by atoms with Gasteiger partial charge in [0.1, 0.15) is 0 Å². The van der Waals surface area contributed by atoms with E-state index in [1.807, 2.05) is 0 Å². The molecular formula is C16H33NO. The predicted octanol–water partition coefficient (Wildman–Crippen LogP) is 4.00. The third-order valence-corrected chi connectivity index (χ3v) is 4.34. The molecule has 1 aliphatic heterocycles. The molecule has 1 fully saturated rings. The summed E-state index contributed by atoms with van der Waals surface area (Å²) in [5.41, 5.74) is 0.415. The van der Waals surface area contributed by atoms with Crippen LogP contribution in [0, 0.1) is 11.3 Å². The molecule has 1 rings (SSSR count). The second-order valence-corrected chi connectivity index (χ2v) is 6.46. The van der Waals surface area contributed by atoms with Crippen molar-refractivity contribution in [3.8, 4) is 0 Å². The number of nitrogens with one attached hydrogen (secondary N) is 1. The first kappa shape index (κ1) is 16.0. The van der Waals surface area contributed by atoms with E-state index in [-0.39, 0.29) is 0 Å². The summed E-state index contributed by atoms with van der Waals surface area (Å²) in [6, 6.07) is 0.582. The van der Waals surface area contributed by atoms with Gasteiger partial charge >= 0.3 is 0 Å². The first-order valence-corrected chi connectivity index (χ1v) is 7.93. The van der Waals surface area contributed by atoms with Crippen LogP contribution >= 0.6 is 0 Å². The molecule has 0 radical (unpaired) electrons. The molecule has 2 unspecified atom stereocenters. The molecule has 1 aliphatic rings. The maximum atomic E-state index is 5.70. The summed E-state index contributed by atoms with van der Waals surface area (Å²) in [5.74, 6) is 0.889. The van der Waals surface area contributed by atoms with Crippen molar-refractivity contribution >= 4 is 0 Å². The van der Waals surface area contributed by atoms with E-state index in [9.17, 15) is 0 Å². The van der Waals surface area contributed by atoms with Crippen LogP contribution in [0.15, 0.2) is 0 Å². The molecule has 0 aromatic heterocycles. The summed E-state index contributed by atoms with van der Waals surface area (Å²) >= 11 is 0. The molecule has 0 aromatic rings. The molecular weight excluding hydrogens is 222 g/mol. The number of hydrogen-bond donors (Lipinski definition) is 1. The minimum atomic E-state index is 0.415. The third kappa shape index (κ3) is 5.27. The van der Waals surface area contributed by atoms with E-state index in [0.717, 1.165) is 25.7 Å². The van der Waals surface area contributed by atoms with Gasteiger partial charge in [-0.1, -0.05) is 53.4 Å². The van der Waals surface area contributed by atoms with Gasteiger partial charge < -0.3 is 10.1 Å². The van der Waals surface area contributed by atoms with Gasteiger partial charge in [0.25, 0.3) is 0 Å². The van der Waals surface area contributed by atoms with E-state index in [0.29, 0.717) is 11.5 Å². The molecule has 0 amide bonds. The van der Waals surface area contributed by atoms with Crippen molar-refractivity contribution in [2.24, 2.45) is 11.3 Å². The zero-order valence-corrected chi connectivity index (χ0v) is 12.9. The second-order valence-electron chi connectivity index (χ2n) is 6.46. The highest BCUT2D eigenvalue weighted by molar-refractivity contribution is 4.88. The highest BCUT2D eigenvalue weighted by Gasteiger charge is 2.36. The lowest BCUT2D eigenvalue weighted by molar-refractivity contribution is 0.125. The van der Waals surface area contributed by atoms with Gasteiger partial charge in [-0.25, -0.2) is 0 Å². The Kier molecular flexibility index (Phi) is 7.25. The van der Waals surface area contributed by atoms with Gasteiger partial charge in [0.05, 0.1) is 6.61 Å². The lowest BCUT2D eigenvalue weighted by Gasteiger charge is -2.32. The van der Waals surface area contributed by atoms with Crippen LogP contribution < -0.4 is 5.32 Å². The van der Waals surface area contributed by atoms with Crippen molar-refractivity contribution < 1.29 is 4.74 Å². The van der Waals surface area contributed by atoms with Crippen LogP contribution in [-0.2, 0) is 4.74 Å². The van der Waals surface area contributed by atoms with Crippen molar-refractivity contribution in [2.45, 2.75) is 72.3 Å². The van der Waals surface area contributed by atoms with E-state index in [1.54, 1.807) is 0 Å². The maximum Gasteiger partial charge on any atom is 0.0535 e. The van der Waals surface area contributed by atoms with Gasteiger partial charge in [0.2, 0.25) is 0 Å². The molecule has 1 N–H and O–H groups in total. The topological polar surface area (TPSA) is 21.3 Å². The Morgan fingerprint density at radius 2 is 2.06 bits per heavy atom. The van der Waals surface area contributed by atoms with Gasteiger partial charge in [0.15, 0.2) is 0 Å². The average Bonchev–Trinajstić information content (AvgIpc) is 2.81. The molecule has 2 nitrogen and oxygen atoms in total. The number of unbranched alkanes of at least 4 members (excludes halogenated alkanes) is 1.